The van der Waals surface area contributed by atoms with E-state index < -0.39 is 18.0 Å². The minimum absolute atomic E-state index is 0.455. The molecule has 35 heavy (non-hydrogen) atoms. The number of esters is 1. The summed E-state index contributed by atoms with van der Waals surface area (Å²) in [5, 5.41) is 3.64. The number of carbonyl (C=O) groups excluding carboxylic acids is 2. The van der Waals surface area contributed by atoms with Crippen LogP contribution in [0.1, 0.15) is 45.3 Å². The van der Waals surface area contributed by atoms with E-state index in [2.05, 4.69) is 5.32 Å². The molecule has 0 spiro atoms. The van der Waals surface area contributed by atoms with Crippen molar-refractivity contribution in [3.8, 4) is 5.75 Å². The zero-order valence-electron chi connectivity index (χ0n) is 19.7. The lowest BCUT2D eigenvalue weighted by Gasteiger charge is -2.20. The van der Waals surface area contributed by atoms with Crippen LogP contribution in [0, 0.1) is 6.92 Å². The Bertz CT molecular complexity index is 1420. The van der Waals surface area contributed by atoms with E-state index in [1.807, 2.05) is 61.5 Å². The maximum Gasteiger partial charge on any atom is 0.340 e. The Morgan fingerprint density at radius 3 is 2.54 bits per heavy atom. The molecule has 1 aromatic heterocycles. The van der Waals surface area contributed by atoms with E-state index in [1.54, 1.807) is 25.3 Å². The van der Waals surface area contributed by atoms with Crippen molar-refractivity contribution in [3.63, 3.8) is 0 Å². The molecule has 1 N–H and O–H groups in total. The van der Waals surface area contributed by atoms with Gasteiger partial charge in [-0.25, -0.2) is 4.79 Å². The molecule has 0 fully saturated rings. The number of ether oxygens (including phenoxy) is 2. The molecular weight excluding hydrogens is 440 g/mol. The maximum absolute atomic E-state index is 13.7. The van der Waals surface area contributed by atoms with Crippen LogP contribution < -0.4 is 10.1 Å². The summed E-state index contributed by atoms with van der Waals surface area (Å²) in [4.78, 5) is 31.9. The average molecular weight is 467 g/mol. The zero-order valence-corrected chi connectivity index (χ0v) is 19.7. The molecule has 6 nitrogen and oxygen atoms in total. The summed E-state index contributed by atoms with van der Waals surface area (Å²) >= 11 is 0. The second kappa shape index (κ2) is 9.58. The van der Waals surface area contributed by atoms with Crippen LogP contribution in [0.4, 0.5) is 5.69 Å². The molecule has 1 atom stereocenters. The second-order valence-electron chi connectivity index (χ2n) is 8.67. The van der Waals surface area contributed by atoms with Gasteiger partial charge < -0.3 is 14.8 Å². The number of para-hydroxylation sites is 1. The predicted molar refractivity (Wildman–Crippen MR) is 135 cm³/mol. The first-order valence-electron chi connectivity index (χ1n) is 11.7. The van der Waals surface area contributed by atoms with Crippen molar-refractivity contribution in [1.29, 1.82) is 0 Å². The standard InChI is InChI=1S/C29H26N2O4/c1-18-15-16-25(34-2)24(17-18)31-28(32)27(19-9-4-3-5-10-19)35-29(33)26-20-11-6-7-13-22(20)30-23-14-8-12-21(23)26/h3-7,9-11,13,15-17,27H,8,12,14H2,1-2H3,(H,31,32). The van der Waals surface area contributed by atoms with Gasteiger partial charge >= 0.3 is 5.97 Å². The number of hydrogen-bond acceptors (Lipinski definition) is 5. The van der Waals surface area contributed by atoms with E-state index in [0.717, 1.165) is 47.0 Å². The molecule has 0 bridgehead atoms. The maximum atomic E-state index is 13.7. The number of methoxy groups -OCH3 is 1. The number of fused-ring (bicyclic) bond motifs is 2. The smallest absolute Gasteiger partial charge is 0.340 e. The van der Waals surface area contributed by atoms with Crippen molar-refractivity contribution < 1.29 is 19.1 Å². The largest absolute Gasteiger partial charge is 0.495 e. The monoisotopic (exact) mass is 466 g/mol. The van der Waals surface area contributed by atoms with Gasteiger partial charge in [-0.3, -0.25) is 9.78 Å². The van der Waals surface area contributed by atoms with Gasteiger partial charge in [0.1, 0.15) is 5.75 Å². The fourth-order valence-electron chi connectivity index (χ4n) is 4.63. The lowest BCUT2D eigenvalue weighted by molar-refractivity contribution is -0.125. The Hall–Kier alpha value is -4.19. The number of carbonyl (C=O) groups is 2. The number of hydrogen-bond donors (Lipinski definition) is 1. The number of benzene rings is 3. The summed E-state index contributed by atoms with van der Waals surface area (Å²) in [5.74, 6) is -0.453. The Labute approximate surface area is 203 Å². The van der Waals surface area contributed by atoms with E-state index in [1.165, 1.54) is 0 Å². The summed E-state index contributed by atoms with van der Waals surface area (Å²) in [6.07, 6.45) is 1.39. The van der Waals surface area contributed by atoms with Crippen LogP contribution in [0.5, 0.6) is 5.75 Å². The molecule has 0 aliphatic heterocycles. The molecule has 0 saturated carbocycles. The highest BCUT2D eigenvalue weighted by molar-refractivity contribution is 6.06. The van der Waals surface area contributed by atoms with Crippen LogP contribution in [0.2, 0.25) is 0 Å². The quantitative estimate of drug-likeness (QED) is 0.376. The van der Waals surface area contributed by atoms with Gasteiger partial charge in [0.2, 0.25) is 6.10 Å². The third kappa shape index (κ3) is 4.47. The van der Waals surface area contributed by atoms with Crippen molar-refractivity contribution in [2.45, 2.75) is 32.3 Å². The number of aryl methyl sites for hydroxylation is 2. The van der Waals surface area contributed by atoms with Crippen molar-refractivity contribution >= 4 is 28.5 Å². The molecule has 1 heterocycles. The van der Waals surface area contributed by atoms with E-state index in [9.17, 15) is 9.59 Å². The van der Waals surface area contributed by atoms with E-state index in [4.69, 9.17) is 14.5 Å². The van der Waals surface area contributed by atoms with Gasteiger partial charge in [0.15, 0.2) is 0 Å². The second-order valence-corrected chi connectivity index (χ2v) is 8.67. The number of pyridine rings is 1. The Kier molecular flexibility index (Phi) is 6.19. The summed E-state index contributed by atoms with van der Waals surface area (Å²) in [5.41, 5.74) is 5.18. The van der Waals surface area contributed by atoms with Gasteiger partial charge in [-0.1, -0.05) is 54.6 Å². The molecule has 1 amide bonds. The van der Waals surface area contributed by atoms with Crippen LogP contribution in [-0.2, 0) is 22.4 Å². The molecule has 0 saturated heterocycles. The van der Waals surface area contributed by atoms with Gasteiger partial charge in [0.25, 0.3) is 5.91 Å². The van der Waals surface area contributed by atoms with Gasteiger partial charge in [-0.05, 0) is 55.5 Å². The lowest BCUT2D eigenvalue weighted by Crippen LogP contribution is -2.26. The summed E-state index contributed by atoms with van der Waals surface area (Å²) in [7, 11) is 1.55. The summed E-state index contributed by atoms with van der Waals surface area (Å²) < 4.78 is 11.4. The minimum atomic E-state index is -1.14. The van der Waals surface area contributed by atoms with Crippen LogP contribution in [0.3, 0.4) is 0 Å². The first-order valence-corrected chi connectivity index (χ1v) is 11.7. The molecule has 6 heteroatoms. The number of anilines is 1. The molecule has 3 aromatic carbocycles. The Morgan fingerprint density at radius 2 is 1.74 bits per heavy atom. The zero-order chi connectivity index (χ0) is 24.4. The third-order valence-electron chi connectivity index (χ3n) is 6.30. The fourth-order valence-corrected chi connectivity index (χ4v) is 4.63. The molecule has 0 radical (unpaired) electrons. The number of nitrogens with zero attached hydrogens (tertiary/aromatic N) is 1. The van der Waals surface area contributed by atoms with Crippen molar-refractivity contribution in [3.05, 3.63) is 101 Å². The van der Waals surface area contributed by atoms with Crippen LogP contribution in [0.25, 0.3) is 10.9 Å². The molecule has 4 aromatic rings. The van der Waals surface area contributed by atoms with Crippen LogP contribution in [-0.4, -0.2) is 24.0 Å². The average Bonchev–Trinajstić information content (AvgIpc) is 3.34. The Balaban J connectivity index is 1.52. The van der Waals surface area contributed by atoms with Gasteiger partial charge in [0, 0.05) is 16.6 Å². The fraction of sp³-hybridized carbons (Fsp3) is 0.207. The highest BCUT2D eigenvalue weighted by Crippen LogP contribution is 2.33. The van der Waals surface area contributed by atoms with Crippen LogP contribution in [0.15, 0.2) is 72.8 Å². The van der Waals surface area contributed by atoms with Gasteiger partial charge in [-0.15, -0.1) is 0 Å². The normalized spacial score (nSPS) is 13.2. The first kappa shape index (κ1) is 22.6. The molecule has 5 rings (SSSR count). The molecule has 1 aliphatic rings. The first-order chi connectivity index (χ1) is 17.0. The van der Waals surface area contributed by atoms with Crippen LogP contribution >= 0.6 is 0 Å². The number of amides is 1. The molecular formula is C29H26N2O4. The number of rotatable bonds is 6. The highest BCUT2D eigenvalue weighted by atomic mass is 16.5. The van der Waals surface area contributed by atoms with Crippen molar-refractivity contribution in [1.82, 2.24) is 4.98 Å². The minimum Gasteiger partial charge on any atom is -0.495 e. The SMILES string of the molecule is COc1ccc(C)cc1NC(=O)C(OC(=O)c1c2c(nc3ccccc13)CCC2)c1ccccc1. The molecule has 1 aliphatic carbocycles. The molecule has 176 valence electrons. The molecule has 1 unspecified atom stereocenters. The topological polar surface area (TPSA) is 77.5 Å². The van der Waals surface area contributed by atoms with Crippen molar-refractivity contribution in [2.24, 2.45) is 0 Å². The third-order valence-corrected chi connectivity index (χ3v) is 6.30. The number of nitrogens with one attached hydrogen (secondary N) is 1. The van der Waals surface area contributed by atoms with E-state index >= 15 is 0 Å². The van der Waals surface area contributed by atoms with E-state index in [-0.39, 0.29) is 0 Å². The lowest BCUT2D eigenvalue weighted by atomic mass is 10.0. The van der Waals surface area contributed by atoms with Gasteiger partial charge in [-0.2, -0.15) is 0 Å². The highest BCUT2D eigenvalue weighted by Gasteiger charge is 2.30. The van der Waals surface area contributed by atoms with Gasteiger partial charge in [0.05, 0.1) is 23.9 Å². The number of aromatic nitrogens is 1. The van der Waals surface area contributed by atoms with Crippen molar-refractivity contribution in [2.75, 3.05) is 12.4 Å². The summed E-state index contributed by atoms with van der Waals surface area (Å²) in [6.45, 7) is 1.93. The Morgan fingerprint density at radius 1 is 0.971 bits per heavy atom. The van der Waals surface area contributed by atoms with E-state index in [0.29, 0.717) is 22.6 Å². The predicted octanol–water partition coefficient (Wildman–Crippen LogP) is 5.58. The summed E-state index contributed by atoms with van der Waals surface area (Å²) in [6, 6.07) is 22.1.